The van der Waals surface area contributed by atoms with Crippen LogP contribution in [-0.2, 0) is 4.79 Å². The predicted octanol–water partition coefficient (Wildman–Crippen LogP) is 4.14. The number of benzene rings is 2. The standard InChI is InChI=1S/C22H19FN4O/c1-13-24-22-25-18-11-16(14-5-3-2-4-6-14)12-19(28)20(18)21(27(22)26-13)15-7-9-17(23)10-8-15/h2-10,16,21H,11-12H2,1H3,(H,24,25,26)/t16-,21+/m0/s1. The molecule has 5 nitrogen and oxygen atoms in total. The molecule has 0 amide bonds. The molecule has 0 fully saturated rings. The minimum absolute atomic E-state index is 0.0933. The highest BCUT2D eigenvalue weighted by molar-refractivity contribution is 6.00. The fraction of sp³-hybridized carbons (Fsp3) is 0.227. The molecule has 1 aromatic heterocycles. The third-order valence-corrected chi connectivity index (χ3v) is 5.48. The monoisotopic (exact) mass is 374 g/mol. The van der Waals surface area contributed by atoms with E-state index in [1.165, 1.54) is 12.1 Å². The first-order valence-electron chi connectivity index (χ1n) is 9.37. The van der Waals surface area contributed by atoms with Crippen LogP contribution >= 0.6 is 0 Å². The van der Waals surface area contributed by atoms with Crippen LogP contribution in [-0.4, -0.2) is 20.5 Å². The molecule has 2 aromatic carbocycles. The second kappa shape index (κ2) is 6.41. The van der Waals surface area contributed by atoms with Crippen LogP contribution in [0.25, 0.3) is 0 Å². The summed E-state index contributed by atoms with van der Waals surface area (Å²) in [6.45, 7) is 1.82. The molecule has 0 unspecified atom stereocenters. The number of hydrogen-bond acceptors (Lipinski definition) is 4. The summed E-state index contributed by atoms with van der Waals surface area (Å²) in [6, 6.07) is 16.0. The summed E-state index contributed by atoms with van der Waals surface area (Å²) >= 11 is 0. The third kappa shape index (κ3) is 2.72. The maximum atomic E-state index is 13.5. The molecule has 0 radical (unpaired) electrons. The van der Waals surface area contributed by atoms with Crippen molar-refractivity contribution in [3.63, 3.8) is 0 Å². The van der Waals surface area contributed by atoms with E-state index in [-0.39, 0.29) is 17.5 Å². The molecule has 0 bridgehead atoms. The van der Waals surface area contributed by atoms with Crippen molar-refractivity contribution in [1.82, 2.24) is 14.8 Å². The number of anilines is 1. The fourth-order valence-electron chi connectivity index (χ4n) is 4.23. The van der Waals surface area contributed by atoms with Gasteiger partial charge < -0.3 is 5.32 Å². The number of carbonyl (C=O) groups is 1. The highest BCUT2D eigenvalue weighted by Crippen LogP contribution is 2.43. The van der Waals surface area contributed by atoms with Gasteiger partial charge in [0.2, 0.25) is 5.95 Å². The van der Waals surface area contributed by atoms with Crippen LogP contribution in [0.4, 0.5) is 10.3 Å². The number of hydrogen-bond donors (Lipinski definition) is 1. The minimum atomic E-state index is -0.391. The molecule has 2 aliphatic rings. The Morgan fingerprint density at radius 1 is 1.04 bits per heavy atom. The molecule has 0 saturated carbocycles. The van der Waals surface area contributed by atoms with Crippen molar-refractivity contribution in [2.75, 3.05) is 5.32 Å². The number of fused-ring (bicyclic) bond motifs is 1. The molecule has 1 N–H and O–H groups in total. The highest BCUT2D eigenvalue weighted by atomic mass is 19.1. The topological polar surface area (TPSA) is 59.8 Å². The van der Waals surface area contributed by atoms with Gasteiger partial charge in [0.25, 0.3) is 0 Å². The van der Waals surface area contributed by atoms with Crippen molar-refractivity contribution in [2.24, 2.45) is 0 Å². The van der Waals surface area contributed by atoms with Crippen LogP contribution in [0, 0.1) is 12.7 Å². The summed E-state index contributed by atoms with van der Waals surface area (Å²) in [7, 11) is 0. The van der Waals surface area contributed by atoms with E-state index in [2.05, 4.69) is 27.5 Å². The van der Waals surface area contributed by atoms with Gasteiger partial charge in [-0.15, -0.1) is 0 Å². The molecule has 1 aliphatic carbocycles. The number of rotatable bonds is 2. The largest absolute Gasteiger partial charge is 0.328 e. The van der Waals surface area contributed by atoms with Crippen molar-refractivity contribution in [3.05, 3.63) is 88.6 Å². The molecule has 6 heteroatoms. The Kier molecular flexibility index (Phi) is 3.86. The van der Waals surface area contributed by atoms with Gasteiger partial charge in [0.05, 0.1) is 0 Å². The van der Waals surface area contributed by atoms with E-state index in [9.17, 15) is 9.18 Å². The van der Waals surface area contributed by atoms with Gasteiger partial charge in [0, 0.05) is 17.7 Å². The lowest BCUT2D eigenvalue weighted by atomic mass is 9.78. The van der Waals surface area contributed by atoms with E-state index in [0.717, 1.165) is 23.2 Å². The molecular formula is C22H19FN4O. The highest BCUT2D eigenvalue weighted by Gasteiger charge is 2.39. The van der Waals surface area contributed by atoms with E-state index in [1.54, 1.807) is 16.8 Å². The van der Waals surface area contributed by atoms with Crippen molar-refractivity contribution in [3.8, 4) is 0 Å². The number of ketones is 1. The maximum absolute atomic E-state index is 13.5. The van der Waals surface area contributed by atoms with Gasteiger partial charge in [-0.3, -0.25) is 4.79 Å². The summed E-state index contributed by atoms with van der Waals surface area (Å²) in [5.74, 6) is 1.16. The second-order valence-electron chi connectivity index (χ2n) is 7.34. The van der Waals surface area contributed by atoms with E-state index < -0.39 is 6.04 Å². The number of nitrogens with zero attached hydrogens (tertiary/aromatic N) is 3. The van der Waals surface area contributed by atoms with Gasteiger partial charge >= 0.3 is 0 Å². The van der Waals surface area contributed by atoms with E-state index >= 15 is 0 Å². The zero-order valence-corrected chi connectivity index (χ0v) is 15.4. The summed E-state index contributed by atoms with van der Waals surface area (Å²) in [5, 5.41) is 7.83. The van der Waals surface area contributed by atoms with Crippen LogP contribution in [0.2, 0.25) is 0 Å². The van der Waals surface area contributed by atoms with Crippen molar-refractivity contribution < 1.29 is 9.18 Å². The SMILES string of the molecule is Cc1nc2n(n1)[C@H](c1ccc(F)cc1)C1=C(C[C@H](c3ccccc3)CC1=O)N2. The predicted molar refractivity (Wildman–Crippen MR) is 103 cm³/mol. The maximum Gasteiger partial charge on any atom is 0.226 e. The molecule has 0 spiro atoms. The van der Waals surface area contributed by atoms with Crippen LogP contribution < -0.4 is 5.32 Å². The summed E-state index contributed by atoms with van der Waals surface area (Å²) < 4.78 is 15.2. The number of nitrogens with one attached hydrogen (secondary N) is 1. The molecule has 140 valence electrons. The Balaban J connectivity index is 1.62. The van der Waals surface area contributed by atoms with E-state index in [1.807, 2.05) is 25.1 Å². The van der Waals surface area contributed by atoms with Crippen LogP contribution in [0.3, 0.4) is 0 Å². The zero-order valence-electron chi connectivity index (χ0n) is 15.4. The van der Waals surface area contributed by atoms with Gasteiger partial charge in [-0.1, -0.05) is 42.5 Å². The number of allylic oxidation sites excluding steroid dienone is 2. The summed E-state index contributed by atoms with van der Waals surface area (Å²) in [4.78, 5) is 17.7. The molecule has 3 aromatic rings. The Labute approximate surface area is 161 Å². The molecule has 2 heterocycles. The Hall–Kier alpha value is -3.28. The third-order valence-electron chi connectivity index (χ3n) is 5.48. The van der Waals surface area contributed by atoms with E-state index in [4.69, 9.17) is 0 Å². The average Bonchev–Trinajstić information content (AvgIpc) is 3.07. The number of aryl methyl sites for hydroxylation is 1. The van der Waals surface area contributed by atoms with Gasteiger partial charge in [0.1, 0.15) is 17.7 Å². The van der Waals surface area contributed by atoms with Crippen LogP contribution in [0.15, 0.2) is 65.9 Å². The molecule has 0 saturated heterocycles. The van der Waals surface area contributed by atoms with E-state index in [0.29, 0.717) is 23.8 Å². The minimum Gasteiger partial charge on any atom is -0.328 e. The number of aromatic nitrogens is 3. The Bertz CT molecular complexity index is 1090. The molecule has 5 rings (SSSR count). The quantitative estimate of drug-likeness (QED) is 0.732. The lowest BCUT2D eigenvalue weighted by Crippen LogP contribution is -2.33. The lowest BCUT2D eigenvalue weighted by molar-refractivity contribution is -0.116. The molecule has 28 heavy (non-hydrogen) atoms. The lowest BCUT2D eigenvalue weighted by Gasteiger charge is -2.35. The van der Waals surface area contributed by atoms with Crippen molar-refractivity contribution in [1.29, 1.82) is 0 Å². The average molecular weight is 374 g/mol. The summed E-state index contributed by atoms with van der Waals surface area (Å²) in [6.07, 6.45) is 1.18. The van der Waals surface area contributed by atoms with Gasteiger partial charge in [0.15, 0.2) is 5.78 Å². The normalized spacial score (nSPS) is 21.1. The smallest absolute Gasteiger partial charge is 0.226 e. The number of halogens is 1. The zero-order chi connectivity index (χ0) is 19.3. The van der Waals surface area contributed by atoms with Crippen LogP contribution in [0.1, 0.15) is 41.8 Å². The second-order valence-corrected chi connectivity index (χ2v) is 7.34. The number of carbonyl (C=O) groups excluding carboxylic acids is 1. The number of Topliss-reactive ketones (excluding diaryl/α,β-unsaturated/α-hetero) is 1. The molecular weight excluding hydrogens is 355 g/mol. The van der Waals surface area contributed by atoms with Gasteiger partial charge in [-0.25, -0.2) is 9.07 Å². The molecule has 2 atom stereocenters. The Morgan fingerprint density at radius 3 is 2.54 bits per heavy atom. The first-order valence-corrected chi connectivity index (χ1v) is 9.37. The van der Waals surface area contributed by atoms with Gasteiger partial charge in [-0.2, -0.15) is 10.1 Å². The van der Waals surface area contributed by atoms with Gasteiger partial charge in [-0.05, 0) is 42.5 Å². The fourth-order valence-corrected chi connectivity index (χ4v) is 4.23. The first-order chi connectivity index (χ1) is 13.6. The summed E-state index contributed by atoms with van der Waals surface area (Å²) in [5.41, 5.74) is 3.58. The molecule has 1 aliphatic heterocycles. The van der Waals surface area contributed by atoms with Crippen molar-refractivity contribution >= 4 is 11.7 Å². The van der Waals surface area contributed by atoms with Crippen LogP contribution in [0.5, 0.6) is 0 Å². The van der Waals surface area contributed by atoms with Crippen molar-refractivity contribution in [2.45, 2.75) is 31.7 Å². The first kappa shape index (κ1) is 16.9. The Morgan fingerprint density at radius 2 is 1.79 bits per heavy atom.